The van der Waals surface area contributed by atoms with Gasteiger partial charge in [-0.1, -0.05) is 36.4 Å². The van der Waals surface area contributed by atoms with E-state index in [2.05, 4.69) is 59.4 Å². The van der Waals surface area contributed by atoms with Crippen LogP contribution in [0.15, 0.2) is 78.9 Å². The van der Waals surface area contributed by atoms with Gasteiger partial charge < -0.3 is 15.2 Å². The molecule has 0 fully saturated rings. The molecule has 0 amide bonds. The van der Waals surface area contributed by atoms with Crippen molar-refractivity contribution >= 4 is 34.8 Å². The van der Waals surface area contributed by atoms with Crippen LogP contribution in [0.1, 0.15) is 39.7 Å². The minimum absolute atomic E-state index is 0. The summed E-state index contributed by atoms with van der Waals surface area (Å²) >= 11 is 0. The highest BCUT2D eigenvalue weighted by molar-refractivity contribution is 5.93. The highest BCUT2D eigenvalue weighted by Crippen LogP contribution is 2.35. The van der Waals surface area contributed by atoms with Crippen molar-refractivity contribution < 1.29 is 8.78 Å². The molecule has 3 heterocycles. The number of aromatic nitrogens is 2. The lowest BCUT2D eigenvalue weighted by atomic mass is 9.98. The van der Waals surface area contributed by atoms with Crippen molar-refractivity contribution in [2.75, 3.05) is 16.8 Å². The Hall–Kier alpha value is -3.90. The average molecular weight is 545 g/mol. The first-order valence-corrected chi connectivity index (χ1v) is 13.0. The zero-order valence-corrected chi connectivity index (χ0v) is 22.8. The van der Waals surface area contributed by atoms with Crippen molar-refractivity contribution in [3.8, 4) is 0 Å². The van der Waals surface area contributed by atoms with Gasteiger partial charge in [0, 0.05) is 29.9 Å². The number of H-pyrrole nitrogens is 1. The van der Waals surface area contributed by atoms with Gasteiger partial charge in [-0.25, -0.2) is 13.8 Å². The predicted octanol–water partition coefficient (Wildman–Crippen LogP) is 7.84. The summed E-state index contributed by atoms with van der Waals surface area (Å²) in [4.78, 5) is 11.2. The summed E-state index contributed by atoms with van der Waals surface area (Å²) in [6, 6.07) is 23.5. The molecule has 1 aliphatic heterocycles. The maximum absolute atomic E-state index is 14.1. The van der Waals surface area contributed by atoms with Crippen LogP contribution in [0, 0.1) is 25.5 Å². The summed E-state index contributed by atoms with van der Waals surface area (Å²) < 4.78 is 27.7. The molecule has 39 heavy (non-hydrogen) atoms. The molecule has 5 aromatic rings. The molecule has 0 radical (unpaired) electrons. The topological polar surface area (TPSA) is 44.0 Å². The molecule has 3 aromatic carbocycles. The number of hydrogen-bond donors (Lipinski definition) is 2. The van der Waals surface area contributed by atoms with Crippen molar-refractivity contribution in [3.63, 3.8) is 0 Å². The highest BCUT2D eigenvalue weighted by Gasteiger charge is 2.24. The second-order valence-electron chi connectivity index (χ2n) is 10.1. The van der Waals surface area contributed by atoms with Gasteiger partial charge in [0.05, 0.1) is 17.3 Å². The van der Waals surface area contributed by atoms with Gasteiger partial charge in [-0.05, 0) is 91.4 Å². The third kappa shape index (κ3) is 5.48. The standard InChI is InChI=1S/C32H30F2N4.ClH/c1-20-21(2)35-31-28(20)18-30(37-32(31)38-15-14-23-7-3-4-8-24(23)19-38)29(17-22-6-5-9-26(34)16-22)36-27-12-10-25(33)11-13-27;/h3-13,16,18,29,35-36H,14-15,17,19H2,1-2H3;1H. The van der Waals surface area contributed by atoms with Crippen LogP contribution in [0.2, 0.25) is 0 Å². The lowest BCUT2D eigenvalue weighted by molar-refractivity contribution is 0.622. The van der Waals surface area contributed by atoms with Crippen LogP contribution in [0.4, 0.5) is 20.3 Å². The maximum Gasteiger partial charge on any atom is 0.153 e. The van der Waals surface area contributed by atoms with Gasteiger partial charge in [0.1, 0.15) is 11.6 Å². The molecule has 0 spiro atoms. The Morgan fingerprint density at radius 1 is 0.923 bits per heavy atom. The first kappa shape index (κ1) is 26.7. The molecule has 0 saturated heterocycles. The molecule has 0 bridgehead atoms. The summed E-state index contributed by atoms with van der Waals surface area (Å²) in [5, 5.41) is 4.68. The van der Waals surface area contributed by atoms with Gasteiger partial charge in [0.2, 0.25) is 0 Å². The van der Waals surface area contributed by atoms with Crippen molar-refractivity contribution in [3.05, 3.63) is 124 Å². The van der Waals surface area contributed by atoms with E-state index in [1.807, 2.05) is 6.07 Å². The number of rotatable bonds is 6. The number of nitrogens with one attached hydrogen (secondary N) is 2. The molecule has 1 atom stereocenters. The van der Waals surface area contributed by atoms with Crippen LogP contribution >= 0.6 is 12.4 Å². The van der Waals surface area contributed by atoms with E-state index in [1.54, 1.807) is 24.3 Å². The SMILES string of the molecule is Cc1[nH]c2c(N3CCc4ccccc4C3)nc(C(Cc3cccc(F)c3)Nc3ccc(F)cc3)cc2c1C.Cl. The Morgan fingerprint density at radius 2 is 1.69 bits per heavy atom. The molecule has 6 rings (SSSR count). The number of hydrogen-bond acceptors (Lipinski definition) is 3. The molecular weight excluding hydrogens is 514 g/mol. The Bertz CT molecular complexity index is 1610. The molecule has 0 aliphatic carbocycles. The van der Waals surface area contributed by atoms with Crippen molar-refractivity contribution in [1.82, 2.24) is 9.97 Å². The summed E-state index contributed by atoms with van der Waals surface area (Å²) in [6.07, 6.45) is 1.49. The summed E-state index contributed by atoms with van der Waals surface area (Å²) in [6.45, 7) is 5.88. The Morgan fingerprint density at radius 3 is 2.46 bits per heavy atom. The average Bonchev–Trinajstić information content (AvgIpc) is 3.22. The van der Waals surface area contributed by atoms with Gasteiger partial charge in [-0.3, -0.25) is 0 Å². The number of halogens is 3. The quantitative estimate of drug-likeness (QED) is 0.229. The summed E-state index contributed by atoms with van der Waals surface area (Å²) in [7, 11) is 0. The molecule has 200 valence electrons. The van der Waals surface area contributed by atoms with E-state index >= 15 is 0 Å². The van der Waals surface area contributed by atoms with Gasteiger partial charge in [0.25, 0.3) is 0 Å². The minimum Gasteiger partial charge on any atom is -0.376 e. The second-order valence-corrected chi connectivity index (χ2v) is 10.1. The van der Waals surface area contributed by atoms with Crippen LogP contribution in [-0.2, 0) is 19.4 Å². The summed E-state index contributed by atoms with van der Waals surface area (Å²) in [5.74, 6) is 0.368. The van der Waals surface area contributed by atoms with Crippen molar-refractivity contribution in [1.29, 1.82) is 0 Å². The molecule has 7 heteroatoms. The Balaban J connectivity index is 0.00000308. The first-order chi connectivity index (χ1) is 18.4. The van der Waals surface area contributed by atoms with Crippen LogP contribution in [0.25, 0.3) is 10.9 Å². The zero-order chi connectivity index (χ0) is 26.2. The second kappa shape index (κ2) is 11.1. The van der Waals surface area contributed by atoms with Gasteiger partial charge >= 0.3 is 0 Å². The number of benzene rings is 3. The van der Waals surface area contributed by atoms with E-state index < -0.39 is 0 Å². The van der Waals surface area contributed by atoms with E-state index in [-0.39, 0.29) is 30.1 Å². The normalized spacial score (nSPS) is 13.6. The van der Waals surface area contributed by atoms with Crippen molar-refractivity contribution in [2.45, 2.75) is 39.3 Å². The molecule has 0 saturated carbocycles. The molecular formula is C32H31ClF2N4. The van der Waals surface area contributed by atoms with Crippen LogP contribution in [0.5, 0.6) is 0 Å². The molecule has 1 aliphatic rings. The molecule has 4 nitrogen and oxygen atoms in total. The fraction of sp³-hybridized carbons (Fsp3) is 0.219. The van der Waals surface area contributed by atoms with Crippen LogP contribution in [0.3, 0.4) is 0 Å². The molecule has 2 aromatic heterocycles. The first-order valence-electron chi connectivity index (χ1n) is 13.0. The number of fused-ring (bicyclic) bond motifs is 2. The monoisotopic (exact) mass is 544 g/mol. The van der Waals surface area contributed by atoms with Crippen LogP contribution < -0.4 is 10.2 Å². The lowest BCUT2D eigenvalue weighted by Crippen LogP contribution is -2.31. The van der Waals surface area contributed by atoms with E-state index in [0.717, 1.165) is 58.9 Å². The van der Waals surface area contributed by atoms with E-state index in [9.17, 15) is 8.78 Å². The largest absolute Gasteiger partial charge is 0.376 e. The van der Waals surface area contributed by atoms with Gasteiger partial charge in [0.15, 0.2) is 5.82 Å². The maximum atomic E-state index is 14.1. The Kier molecular flexibility index (Phi) is 7.58. The third-order valence-electron chi connectivity index (χ3n) is 7.60. The Labute approximate surface area is 233 Å². The molecule has 1 unspecified atom stereocenters. The minimum atomic E-state index is -0.289. The smallest absolute Gasteiger partial charge is 0.153 e. The fourth-order valence-electron chi connectivity index (χ4n) is 5.41. The van der Waals surface area contributed by atoms with Crippen molar-refractivity contribution in [2.24, 2.45) is 0 Å². The predicted molar refractivity (Wildman–Crippen MR) is 157 cm³/mol. The zero-order valence-electron chi connectivity index (χ0n) is 22.0. The number of aryl methyl sites for hydroxylation is 2. The molecule has 2 N–H and O–H groups in total. The third-order valence-corrected chi connectivity index (χ3v) is 7.60. The van der Waals surface area contributed by atoms with E-state index in [1.165, 1.54) is 34.9 Å². The van der Waals surface area contributed by atoms with Gasteiger partial charge in [-0.2, -0.15) is 0 Å². The summed E-state index contributed by atoms with van der Waals surface area (Å²) in [5.41, 5.74) is 8.56. The van der Waals surface area contributed by atoms with E-state index in [0.29, 0.717) is 6.42 Å². The number of aromatic amines is 1. The van der Waals surface area contributed by atoms with Crippen LogP contribution in [-0.4, -0.2) is 16.5 Å². The fourth-order valence-corrected chi connectivity index (χ4v) is 5.41. The highest BCUT2D eigenvalue weighted by atomic mass is 35.5. The number of pyridine rings is 1. The number of anilines is 2. The number of nitrogens with zero attached hydrogens (tertiary/aromatic N) is 2. The lowest BCUT2D eigenvalue weighted by Gasteiger charge is -2.31. The van der Waals surface area contributed by atoms with Gasteiger partial charge in [-0.15, -0.1) is 12.4 Å². The van der Waals surface area contributed by atoms with E-state index in [4.69, 9.17) is 4.98 Å².